The van der Waals surface area contributed by atoms with Crippen molar-refractivity contribution in [3.63, 3.8) is 0 Å². The Morgan fingerprint density at radius 3 is 0.875 bits per heavy atom. The fourth-order valence-corrected chi connectivity index (χ4v) is 3.38. The molecule has 0 bridgehead atoms. The number of carboxylic acid groups (broad SMARTS) is 1. The minimum Gasteiger partial charge on any atom is -0.481 e. The van der Waals surface area contributed by atoms with Crippen molar-refractivity contribution in [1.82, 2.24) is 0 Å². The molecule has 1 N–H and O–H groups in total. The topological polar surface area (TPSA) is 37.3 Å². The zero-order valence-corrected chi connectivity index (χ0v) is 12.6. The molecule has 0 heterocycles. The minimum absolute atomic E-state index is 0.437. The molecule has 0 aromatic carbocycles. The molecule has 0 amide bonds. The van der Waals surface area contributed by atoms with E-state index in [2.05, 4.69) is 0 Å². The van der Waals surface area contributed by atoms with Crippen LogP contribution in [0, 0.1) is 0 Å². The zero-order valence-electron chi connectivity index (χ0n) is 8.09. The lowest BCUT2D eigenvalue weighted by Crippen LogP contribution is -2.52. The van der Waals surface area contributed by atoms with Crippen molar-refractivity contribution in [2.75, 3.05) is 0 Å². The molecule has 0 saturated heterocycles. The van der Waals surface area contributed by atoms with Gasteiger partial charge in [-0.2, -0.15) is 0 Å². The first-order valence-electron chi connectivity index (χ1n) is 4.24. The predicted octanol–water partition coefficient (Wildman–Crippen LogP) is 3.74. The Morgan fingerprint density at radius 1 is 0.750 bits per heavy atom. The number of hydrogen-bond acceptors (Lipinski definition) is 1. The summed E-state index contributed by atoms with van der Waals surface area (Å²) in [4.78, 5) is 9.00. The quantitative estimate of drug-likeness (QED) is 0.676. The largest absolute Gasteiger partial charge is 0.481 e. The van der Waals surface area contributed by atoms with E-state index in [0.29, 0.717) is 0 Å². The maximum Gasteiger partial charge on any atom is 0.300 e. The number of carboxylic acids is 1. The van der Waals surface area contributed by atoms with Crippen LogP contribution in [-0.2, 0) is 4.79 Å². The van der Waals surface area contributed by atoms with Crippen LogP contribution >= 0.6 is 69.6 Å². The van der Waals surface area contributed by atoms with Gasteiger partial charge in [0.05, 0.1) is 32.3 Å². The fraction of sp³-hybridized carbons (Fsp3) is 0.875. The summed E-state index contributed by atoms with van der Waals surface area (Å²) in [6, 6.07) is 0. The van der Waals surface area contributed by atoms with Crippen LogP contribution in [0.5, 0.6) is 0 Å². The molecule has 1 saturated carbocycles. The van der Waals surface area contributed by atoms with Gasteiger partial charge in [0, 0.05) is 6.92 Å². The van der Waals surface area contributed by atoms with Crippen molar-refractivity contribution < 1.29 is 9.90 Å². The molecular weight excluding hydrogens is 341 g/mol. The third-order valence-electron chi connectivity index (χ3n) is 1.83. The lowest BCUT2D eigenvalue weighted by molar-refractivity contribution is -0.134. The Bertz CT molecular complexity index is 176. The highest BCUT2D eigenvalue weighted by Crippen LogP contribution is 2.39. The van der Waals surface area contributed by atoms with Crippen LogP contribution in [0.1, 0.15) is 6.92 Å². The van der Waals surface area contributed by atoms with E-state index in [9.17, 15) is 0 Å². The summed E-state index contributed by atoms with van der Waals surface area (Å²) in [5.41, 5.74) is 0. The number of alkyl halides is 6. The highest BCUT2D eigenvalue weighted by Gasteiger charge is 2.46. The molecule has 0 aromatic heterocycles. The Morgan fingerprint density at radius 2 is 0.812 bits per heavy atom. The molecule has 16 heavy (non-hydrogen) atoms. The second-order valence-electron chi connectivity index (χ2n) is 3.19. The second-order valence-corrected chi connectivity index (χ2v) is 6.21. The molecule has 0 atom stereocenters. The maximum atomic E-state index is 9.00. The zero-order chi connectivity index (χ0) is 13.0. The van der Waals surface area contributed by atoms with Gasteiger partial charge in [-0.25, -0.2) is 0 Å². The molecule has 0 spiro atoms. The second kappa shape index (κ2) is 7.60. The summed E-state index contributed by atoms with van der Waals surface area (Å²) in [5, 5.41) is 4.80. The minimum atomic E-state index is -0.833. The highest BCUT2D eigenvalue weighted by molar-refractivity contribution is 6.45. The Hall–Kier alpha value is 1.21. The van der Waals surface area contributed by atoms with Crippen molar-refractivity contribution in [1.29, 1.82) is 0 Å². The van der Waals surface area contributed by atoms with Gasteiger partial charge < -0.3 is 5.11 Å². The Balaban J connectivity index is 0.000000487. The van der Waals surface area contributed by atoms with Crippen molar-refractivity contribution >= 4 is 75.6 Å². The van der Waals surface area contributed by atoms with E-state index < -0.39 is 38.2 Å². The van der Waals surface area contributed by atoms with Gasteiger partial charge in [-0.15, -0.1) is 69.6 Å². The first-order chi connectivity index (χ1) is 7.20. The van der Waals surface area contributed by atoms with Crippen LogP contribution in [0.15, 0.2) is 0 Å². The summed E-state index contributed by atoms with van der Waals surface area (Å²) in [6.07, 6.45) is 0. The molecule has 0 aliphatic heterocycles. The third-order valence-corrected chi connectivity index (χ3v) is 5.86. The molecule has 0 aromatic rings. The first-order valence-corrected chi connectivity index (χ1v) is 6.86. The maximum absolute atomic E-state index is 9.00. The predicted molar refractivity (Wildman–Crippen MR) is 71.2 cm³/mol. The van der Waals surface area contributed by atoms with E-state index in [1.54, 1.807) is 0 Å². The molecule has 1 fully saturated rings. The Labute approximate surface area is 124 Å². The van der Waals surface area contributed by atoms with Crippen LogP contribution in [0.3, 0.4) is 0 Å². The first kappa shape index (κ1) is 17.2. The van der Waals surface area contributed by atoms with Gasteiger partial charge in [0.25, 0.3) is 5.97 Å². The average Bonchev–Trinajstić information content (AvgIpc) is 2.20. The summed E-state index contributed by atoms with van der Waals surface area (Å²) in [6.45, 7) is 1.08. The summed E-state index contributed by atoms with van der Waals surface area (Å²) >= 11 is 35.3. The van der Waals surface area contributed by atoms with Crippen molar-refractivity contribution in [2.24, 2.45) is 0 Å². The lowest BCUT2D eigenvalue weighted by atomic mass is 9.97. The smallest absolute Gasteiger partial charge is 0.300 e. The van der Waals surface area contributed by atoms with Crippen LogP contribution in [0.2, 0.25) is 0 Å². The van der Waals surface area contributed by atoms with Gasteiger partial charge in [-0.3, -0.25) is 4.79 Å². The van der Waals surface area contributed by atoms with Gasteiger partial charge in [0.1, 0.15) is 0 Å². The van der Waals surface area contributed by atoms with E-state index in [4.69, 9.17) is 79.5 Å². The third kappa shape index (κ3) is 4.83. The van der Waals surface area contributed by atoms with Crippen molar-refractivity contribution in [3.8, 4) is 0 Å². The van der Waals surface area contributed by atoms with Crippen molar-refractivity contribution in [3.05, 3.63) is 0 Å². The van der Waals surface area contributed by atoms with E-state index in [0.717, 1.165) is 6.92 Å². The highest BCUT2D eigenvalue weighted by atomic mass is 35.5. The van der Waals surface area contributed by atoms with Gasteiger partial charge in [-0.1, -0.05) is 0 Å². The summed E-state index contributed by atoms with van der Waals surface area (Å²) in [7, 11) is 0. The number of hydrogen-bond donors (Lipinski definition) is 1. The number of aliphatic carboxylic acids is 1. The van der Waals surface area contributed by atoms with E-state index in [1.165, 1.54) is 0 Å². The fourth-order valence-electron chi connectivity index (χ4n) is 1.05. The SMILES string of the molecule is CC(=O)O.Cl[C@H]1[C@H](Cl)[C@@H](Cl)[C@@H](Cl)[C@H](Cl)[C@H]1Cl. The molecule has 0 unspecified atom stereocenters. The monoisotopic (exact) mass is 348 g/mol. The number of carbonyl (C=O) groups is 1. The van der Waals surface area contributed by atoms with Crippen LogP contribution in [0.4, 0.5) is 0 Å². The molecular formula is C8H10Cl6O2. The molecule has 1 aliphatic rings. The standard InChI is InChI=1S/C6H6Cl6.C2H4O2/c7-1-2(8)4(10)6(12)5(11)3(1)9;1-2(3)4/h1-6H;1H3,(H,3,4)/t1-,2-,3-,4+,5+,6+;. The van der Waals surface area contributed by atoms with E-state index >= 15 is 0 Å². The van der Waals surface area contributed by atoms with Gasteiger partial charge >= 0.3 is 0 Å². The molecule has 96 valence electrons. The van der Waals surface area contributed by atoms with Gasteiger partial charge in [0.15, 0.2) is 0 Å². The lowest BCUT2D eigenvalue weighted by Gasteiger charge is -2.37. The van der Waals surface area contributed by atoms with Crippen LogP contribution in [0.25, 0.3) is 0 Å². The molecule has 8 heteroatoms. The number of halogens is 6. The average molecular weight is 351 g/mol. The van der Waals surface area contributed by atoms with E-state index in [-0.39, 0.29) is 0 Å². The molecule has 2 nitrogen and oxygen atoms in total. The van der Waals surface area contributed by atoms with Gasteiger partial charge in [-0.05, 0) is 0 Å². The van der Waals surface area contributed by atoms with Crippen LogP contribution in [-0.4, -0.2) is 43.3 Å². The molecule has 1 rings (SSSR count). The molecule has 1 aliphatic carbocycles. The Kier molecular flexibility index (Phi) is 8.18. The van der Waals surface area contributed by atoms with Crippen molar-refractivity contribution in [2.45, 2.75) is 39.2 Å². The normalized spacial score (nSPS) is 43.2. The van der Waals surface area contributed by atoms with Gasteiger partial charge in [0.2, 0.25) is 0 Å². The number of rotatable bonds is 0. The summed E-state index contributed by atoms with van der Waals surface area (Å²) in [5.74, 6) is -0.833. The van der Waals surface area contributed by atoms with Crippen LogP contribution < -0.4 is 0 Å². The van der Waals surface area contributed by atoms with E-state index in [1.807, 2.05) is 0 Å². The molecule has 0 radical (unpaired) electrons. The summed E-state index contributed by atoms with van der Waals surface area (Å²) < 4.78 is 0.